The molecule has 144 valence electrons. The Kier molecular flexibility index (Phi) is 6.65. The van der Waals surface area contributed by atoms with Crippen LogP contribution in [0.2, 0.25) is 0 Å². The zero-order valence-electron chi connectivity index (χ0n) is 16.1. The van der Waals surface area contributed by atoms with Crippen molar-refractivity contribution in [3.8, 4) is 0 Å². The van der Waals surface area contributed by atoms with E-state index in [1.807, 2.05) is 30.3 Å². The second kappa shape index (κ2) is 9.37. The average Bonchev–Trinajstić information content (AvgIpc) is 2.69. The van der Waals surface area contributed by atoms with Crippen LogP contribution in [0.4, 0.5) is 17.2 Å². The van der Waals surface area contributed by atoms with E-state index >= 15 is 0 Å². The van der Waals surface area contributed by atoms with Crippen LogP contribution >= 0.6 is 0 Å². The molecule has 1 fully saturated rings. The molecule has 2 aromatic rings. The van der Waals surface area contributed by atoms with Crippen LogP contribution in [-0.2, 0) is 4.74 Å². The maximum atomic E-state index is 12.6. The van der Waals surface area contributed by atoms with E-state index in [1.165, 1.54) is 0 Å². The van der Waals surface area contributed by atoms with E-state index in [9.17, 15) is 4.79 Å². The highest BCUT2D eigenvalue weighted by molar-refractivity contribution is 6.05. The molecular weight excluding hydrogens is 340 g/mol. The van der Waals surface area contributed by atoms with Crippen molar-refractivity contribution in [3.05, 3.63) is 48.2 Å². The maximum absolute atomic E-state index is 12.6. The first kappa shape index (κ1) is 19.2. The van der Waals surface area contributed by atoms with Crippen LogP contribution in [0.25, 0.3) is 0 Å². The van der Waals surface area contributed by atoms with Crippen molar-refractivity contribution in [2.45, 2.75) is 20.3 Å². The van der Waals surface area contributed by atoms with Gasteiger partial charge in [-0.25, -0.2) is 4.98 Å². The van der Waals surface area contributed by atoms with Gasteiger partial charge in [-0.3, -0.25) is 4.79 Å². The molecule has 0 saturated carbocycles. The van der Waals surface area contributed by atoms with Crippen LogP contribution in [0.5, 0.6) is 0 Å². The number of morpholine rings is 1. The number of nitrogens with one attached hydrogen (secondary N) is 2. The third kappa shape index (κ3) is 5.44. The molecule has 0 radical (unpaired) electrons. The van der Waals surface area contributed by atoms with Crippen molar-refractivity contribution in [1.82, 2.24) is 4.98 Å². The number of ether oxygens (including phenoxy) is 1. The fourth-order valence-corrected chi connectivity index (χ4v) is 2.98. The highest BCUT2D eigenvalue weighted by Crippen LogP contribution is 2.26. The van der Waals surface area contributed by atoms with Crippen molar-refractivity contribution in [2.75, 3.05) is 48.4 Å². The molecule has 27 heavy (non-hydrogen) atoms. The summed E-state index contributed by atoms with van der Waals surface area (Å²) in [4.78, 5) is 19.2. The van der Waals surface area contributed by atoms with E-state index in [4.69, 9.17) is 4.74 Å². The zero-order valence-corrected chi connectivity index (χ0v) is 16.1. The van der Waals surface area contributed by atoms with Crippen LogP contribution in [0.1, 0.15) is 30.6 Å². The van der Waals surface area contributed by atoms with E-state index in [2.05, 4.69) is 34.4 Å². The minimum absolute atomic E-state index is 0.156. The zero-order chi connectivity index (χ0) is 19.1. The molecular formula is C21H28N4O2. The van der Waals surface area contributed by atoms with Crippen LogP contribution < -0.4 is 15.5 Å². The molecule has 1 aliphatic heterocycles. The van der Waals surface area contributed by atoms with Crippen LogP contribution in [0, 0.1) is 5.92 Å². The number of rotatable bonds is 7. The highest BCUT2D eigenvalue weighted by atomic mass is 16.5. The number of hydrogen-bond donors (Lipinski definition) is 2. The van der Waals surface area contributed by atoms with Crippen molar-refractivity contribution in [3.63, 3.8) is 0 Å². The number of hydrogen-bond acceptors (Lipinski definition) is 5. The maximum Gasteiger partial charge on any atom is 0.257 e. The Labute approximate surface area is 160 Å². The lowest BCUT2D eigenvalue weighted by molar-refractivity contribution is 0.102. The van der Waals surface area contributed by atoms with Gasteiger partial charge in [0.05, 0.1) is 30.2 Å². The highest BCUT2D eigenvalue weighted by Gasteiger charge is 2.16. The minimum Gasteiger partial charge on any atom is -0.378 e. The fourth-order valence-electron chi connectivity index (χ4n) is 2.98. The van der Waals surface area contributed by atoms with Crippen molar-refractivity contribution in [1.29, 1.82) is 0 Å². The molecule has 6 heteroatoms. The summed E-state index contributed by atoms with van der Waals surface area (Å²) in [5.41, 5.74) is 2.37. The smallest absolute Gasteiger partial charge is 0.257 e. The Morgan fingerprint density at radius 1 is 1.19 bits per heavy atom. The van der Waals surface area contributed by atoms with Gasteiger partial charge in [0.1, 0.15) is 5.82 Å². The van der Waals surface area contributed by atoms with Gasteiger partial charge < -0.3 is 20.3 Å². The normalized spacial score (nSPS) is 14.3. The Morgan fingerprint density at radius 2 is 1.96 bits per heavy atom. The molecule has 0 aliphatic carbocycles. The van der Waals surface area contributed by atoms with E-state index in [0.717, 1.165) is 43.2 Å². The number of carbonyl (C=O) groups is 1. The fraction of sp³-hybridized carbons (Fsp3) is 0.429. The molecule has 0 atom stereocenters. The molecule has 1 aromatic heterocycles. The summed E-state index contributed by atoms with van der Waals surface area (Å²) in [6, 6.07) is 11.5. The molecule has 1 aliphatic rings. The number of anilines is 3. The molecule has 0 bridgehead atoms. The van der Waals surface area contributed by atoms with Gasteiger partial charge in [-0.15, -0.1) is 0 Å². The SMILES string of the molecule is CC(C)CCNc1ccc(C(=O)Nc2ccccc2N2CCOCC2)cn1. The second-order valence-corrected chi connectivity index (χ2v) is 7.11. The standard InChI is InChI=1S/C21H28N4O2/c1-16(2)9-10-22-20-8-7-17(15-23-20)21(26)24-18-5-3-4-6-19(18)25-11-13-27-14-12-25/h3-8,15-16H,9-14H2,1-2H3,(H,22,23)(H,24,26). The lowest BCUT2D eigenvalue weighted by Gasteiger charge is -2.30. The molecule has 0 spiro atoms. The molecule has 3 rings (SSSR count). The molecule has 6 nitrogen and oxygen atoms in total. The Balaban J connectivity index is 1.63. The summed E-state index contributed by atoms with van der Waals surface area (Å²) in [5.74, 6) is 1.28. The van der Waals surface area contributed by atoms with Gasteiger partial charge in [-0.2, -0.15) is 0 Å². The minimum atomic E-state index is -0.156. The lowest BCUT2D eigenvalue weighted by atomic mass is 10.1. The molecule has 1 saturated heterocycles. The van der Waals surface area contributed by atoms with Crippen LogP contribution in [-0.4, -0.2) is 43.7 Å². The summed E-state index contributed by atoms with van der Waals surface area (Å²) < 4.78 is 5.42. The predicted octanol–water partition coefficient (Wildman–Crippen LogP) is 3.63. The van der Waals surface area contributed by atoms with Gasteiger partial charge in [0.2, 0.25) is 0 Å². The first-order chi connectivity index (χ1) is 13.1. The summed E-state index contributed by atoms with van der Waals surface area (Å²) in [6.07, 6.45) is 2.70. The number of pyridine rings is 1. The quantitative estimate of drug-likeness (QED) is 0.781. The third-order valence-electron chi connectivity index (χ3n) is 4.56. The van der Waals surface area contributed by atoms with Crippen LogP contribution in [0.15, 0.2) is 42.6 Å². The third-order valence-corrected chi connectivity index (χ3v) is 4.56. The van der Waals surface area contributed by atoms with Crippen molar-refractivity contribution in [2.24, 2.45) is 5.92 Å². The monoisotopic (exact) mass is 368 g/mol. The van der Waals surface area contributed by atoms with Gasteiger partial charge in [0, 0.05) is 25.8 Å². The van der Waals surface area contributed by atoms with E-state index in [1.54, 1.807) is 12.3 Å². The van der Waals surface area contributed by atoms with Crippen LogP contribution in [0.3, 0.4) is 0 Å². The Bertz CT molecular complexity index is 740. The number of carbonyl (C=O) groups excluding carboxylic acids is 1. The number of nitrogens with zero attached hydrogens (tertiary/aromatic N) is 2. The number of amides is 1. The summed E-state index contributed by atoms with van der Waals surface area (Å²) in [5, 5.41) is 6.30. The molecule has 0 unspecified atom stereocenters. The molecule has 1 aromatic carbocycles. The van der Waals surface area contributed by atoms with Gasteiger partial charge in [-0.1, -0.05) is 26.0 Å². The summed E-state index contributed by atoms with van der Waals surface area (Å²) in [7, 11) is 0. The lowest BCUT2D eigenvalue weighted by Crippen LogP contribution is -2.36. The first-order valence-corrected chi connectivity index (χ1v) is 9.56. The summed E-state index contributed by atoms with van der Waals surface area (Å²) in [6.45, 7) is 8.32. The molecule has 2 N–H and O–H groups in total. The largest absolute Gasteiger partial charge is 0.378 e. The Hall–Kier alpha value is -2.60. The average molecular weight is 368 g/mol. The molecule has 2 heterocycles. The van der Waals surface area contributed by atoms with Gasteiger partial charge >= 0.3 is 0 Å². The van der Waals surface area contributed by atoms with Gasteiger partial charge in [0.25, 0.3) is 5.91 Å². The Morgan fingerprint density at radius 3 is 2.67 bits per heavy atom. The topological polar surface area (TPSA) is 66.5 Å². The van der Waals surface area contributed by atoms with Gasteiger partial charge in [0.15, 0.2) is 0 Å². The number of para-hydroxylation sites is 2. The van der Waals surface area contributed by atoms with Crippen molar-refractivity contribution < 1.29 is 9.53 Å². The van der Waals surface area contributed by atoms with E-state index in [0.29, 0.717) is 24.7 Å². The number of aromatic nitrogens is 1. The summed E-state index contributed by atoms with van der Waals surface area (Å²) >= 11 is 0. The van der Waals surface area contributed by atoms with Gasteiger partial charge in [-0.05, 0) is 36.6 Å². The molecule has 1 amide bonds. The number of benzene rings is 1. The first-order valence-electron chi connectivity index (χ1n) is 9.56. The second-order valence-electron chi connectivity index (χ2n) is 7.11. The van der Waals surface area contributed by atoms with E-state index in [-0.39, 0.29) is 5.91 Å². The van der Waals surface area contributed by atoms with Crippen molar-refractivity contribution >= 4 is 23.1 Å². The predicted molar refractivity (Wildman–Crippen MR) is 110 cm³/mol. The van der Waals surface area contributed by atoms with E-state index < -0.39 is 0 Å².